The van der Waals surface area contributed by atoms with Gasteiger partial charge in [-0.2, -0.15) is 5.10 Å². The zero-order chi connectivity index (χ0) is 22.1. The maximum absolute atomic E-state index is 12.6. The Morgan fingerprint density at radius 1 is 1.17 bits per heavy atom. The highest BCUT2D eigenvalue weighted by atomic mass is 35.5. The second-order valence-corrected chi connectivity index (χ2v) is 7.76. The minimum Gasteiger partial charge on any atom is -0.493 e. The highest BCUT2D eigenvalue weighted by Crippen LogP contribution is 2.21. The second kappa shape index (κ2) is 11.4. The van der Waals surface area contributed by atoms with E-state index in [2.05, 4.69) is 15.8 Å². The van der Waals surface area contributed by atoms with Gasteiger partial charge in [-0.15, -0.1) is 0 Å². The molecule has 0 spiro atoms. The molecule has 0 fully saturated rings. The van der Waals surface area contributed by atoms with Crippen molar-refractivity contribution in [1.82, 2.24) is 10.7 Å². The summed E-state index contributed by atoms with van der Waals surface area (Å²) in [6.45, 7) is 8.24. The molecule has 1 unspecified atom stereocenters. The maximum Gasteiger partial charge on any atom is 0.262 e. The van der Waals surface area contributed by atoms with Gasteiger partial charge in [-0.05, 0) is 49.6 Å². The Morgan fingerprint density at radius 3 is 2.50 bits per heavy atom. The van der Waals surface area contributed by atoms with Gasteiger partial charge >= 0.3 is 0 Å². The van der Waals surface area contributed by atoms with Crippen LogP contribution in [0.5, 0.6) is 5.75 Å². The first-order chi connectivity index (χ1) is 14.3. The maximum atomic E-state index is 12.6. The number of hydrogen-bond donors (Lipinski definition) is 2. The summed E-state index contributed by atoms with van der Waals surface area (Å²) in [6, 6.07) is 11.6. The van der Waals surface area contributed by atoms with Crippen molar-refractivity contribution in [2.75, 3.05) is 6.61 Å². The molecule has 0 aliphatic heterocycles. The predicted molar refractivity (Wildman–Crippen MR) is 120 cm³/mol. The number of amides is 2. The Morgan fingerprint density at radius 2 is 1.87 bits per heavy atom. The molecule has 7 heteroatoms. The average Bonchev–Trinajstić information content (AvgIpc) is 2.71. The highest BCUT2D eigenvalue weighted by Gasteiger charge is 2.24. The molecule has 2 aromatic rings. The van der Waals surface area contributed by atoms with Crippen LogP contribution in [0.15, 0.2) is 47.6 Å². The van der Waals surface area contributed by atoms with Crippen molar-refractivity contribution in [3.63, 3.8) is 0 Å². The van der Waals surface area contributed by atoms with E-state index in [1.807, 2.05) is 39.8 Å². The van der Waals surface area contributed by atoms with Gasteiger partial charge in [0.2, 0.25) is 0 Å². The van der Waals surface area contributed by atoms with E-state index in [-0.39, 0.29) is 11.8 Å². The van der Waals surface area contributed by atoms with E-state index >= 15 is 0 Å². The van der Waals surface area contributed by atoms with E-state index in [0.717, 1.165) is 12.0 Å². The van der Waals surface area contributed by atoms with E-state index in [9.17, 15) is 9.59 Å². The predicted octanol–water partition coefficient (Wildman–Crippen LogP) is 4.34. The van der Waals surface area contributed by atoms with E-state index < -0.39 is 11.9 Å². The van der Waals surface area contributed by atoms with Crippen LogP contribution in [0, 0.1) is 12.8 Å². The zero-order valence-electron chi connectivity index (χ0n) is 17.7. The van der Waals surface area contributed by atoms with Crippen LogP contribution in [0.1, 0.15) is 48.7 Å². The topological polar surface area (TPSA) is 79.8 Å². The van der Waals surface area contributed by atoms with Crippen molar-refractivity contribution in [2.24, 2.45) is 11.0 Å². The number of ether oxygens (including phenoxy) is 1. The molecule has 2 rings (SSSR count). The van der Waals surface area contributed by atoms with Crippen LogP contribution in [0.4, 0.5) is 0 Å². The van der Waals surface area contributed by atoms with Gasteiger partial charge in [-0.3, -0.25) is 9.59 Å². The summed E-state index contributed by atoms with van der Waals surface area (Å²) in [5.74, 6) is -0.200. The molecule has 2 N–H and O–H groups in total. The molecule has 6 nitrogen and oxygen atoms in total. The Hall–Kier alpha value is -2.86. The van der Waals surface area contributed by atoms with Crippen molar-refractivity contribution in [3.8, 4) is 5.75 Å². The van der Waals surface area contributed by atoms with Gasteiger partial charge in [0.15, 0.2) is 0 Å². The number of hydrazone groups is 1. The van der Waals surface area contributed by atoms with Crippen LogP contribution in [-0.4, -0.2) is 30.7 Å². The van der Waals surface area contributed by atoms with E-state index in [4.69, 9.17) is 16.3 Å². The summed E-state index contributed by atoms with van der Waals surface area (Å²) in [7, 11) is 0. The Balaban J connectivity index is 2.06. The van der Waals surface area contributed by atoms with Gasteiger partial charge in [0.25, 0.3) is 11.8 Å². The Kier molecular flexibility index (Phi) is 8.87. The number of nitrogens with zero attached hydrogens (tertiary/aromatic N) is 1. The van der Waals surface area contributed by atoms with Gasteiger partial charge in [0, 0.05) is 16.1 Å². The number of aryl methyl sites for hydroxylation is 1. The van der Waals surface area contributed by atoms with Crippen LogP contribution in [0.25, 0.3) is 0 Å². The molecule has 2 amide bonds. The average molecular weight is 430 g/mol. The van der Waals surface area contributed by atoms with Crippen LogP contribution < -0.4 is 15.5 Å². The molecular formula is C23H28ClN3O3. The van der Waals surface area contributed by atoms with Crippen molar-refractivity contribution in [2.45, 2.75) is 40.2 Å². The third kappa shape index (κ3) is 6.88. The van der Waals surface area contributed by atoms with Crippen LogP contribution in [0.3, 0.4) is 0 Å². The largest absolute Gasteiger partial charge is 0.493 e. The number of halogens is 1. The fourth-order valence-corrected chi connectivity index (χ4v) is 2.84. The first kappa shape index (κ1) is 23.4. The first-order valence-corrected chi connectivity index (χ1v) is 10.3. The first-order valence-electron chi connectivity index (χ1n) is 9.94. The highest BCUT2D eigenvalue weighted by molar-refractivity contribution is 6.30. The molecule has 0 radical (unpaired) electrons. The summed E-state index contributed by atoms with van der Waals surface area (Å²) >= 11 is 6.06. The van der Waals surface area contributed by atoms with Gasteiger partial charge in [0.05, 0.1) is 12.8 Å². The number of rotatable bonds is 9. The fourth-order valence-electron chi connectivity index (χ4n) is 2.66. The Bertz CT molecular complexity index is 895. The summed E-state index contributed by atoms with van der Waals surface area (Å²) in [5.41, 5.74) is 4.71. The van der Waals surface area contributed by atoms with Crippen molar-refractivity contribution >= 4 is 29.6 Å². The van der Waals surface area contributed by atoms with E-state index in [0.29, 0.717) is 28.5 Å². The van der Waals surface area contributed by atoms with Crippen molar-refractivity contribution in [1.29, 1.82) is 0 Å². The van der Waals surface area contributed by atoms with Crippen LogP contribution in [0.2, 0.25) is 5.02 Å². The third-order valence-electron chi connectivity index (χ3n) is 4.36. The van der Waals surface area contributed by atoms with Crippen molar-refractivity contribution < 1.29 is 14.3 Å². The van der Waals surface area contributed by atoms with E-state index in [1.165, 1.54) is 6.21 Å². The third-order valence-corrected chi connectivity index (χ3v) is 4.60. The summed E-state index contributed by atoms with van der Waals surface area (Å²) in [6.07, 6.45) is 2.35. The smallest absolute Gasteiger partial charge is 0.262 e. The standard InChI is InChI=1S/C23H28ClN3O3/c1-5-12-30-20-11-10-19(24)13-18(20)14-25-27-23(29)21(15(2)3)26-22(28)17-8-6-16(4)7-9-17/h6-11,13-15,21H,5,12H2,1-4H3,(H,26,28)(H,27,29). The van der Waals surface area contributed by atoms with Gasteiger partial charge in [-0.1, -0.05) is 50.1 Å². The molecule has 0 saturated heterocycles. The molecular weight excluding hydrogens is 402 g/mol. The zero-order valence-corrected chi connectivity index (χ0v) is 18.5. The molecule has 160 valence electrons. The SMILES string of the molecule is CCCOc1ccc(Cl)cc1C=NNC(=O)C(NC(=O)c1ccc(C)cc1)C(C)C. The van der Waals surface area contributed by atoms with Crippen molar-refractivity contribution in [3.05, 3.63) is 64.2 Å². The van der Waals surface area contributed by atoms with Crippen LogP contribution in [-0.2, 0) is 4.79 Å². The number of nitrogens with one attached hydrogen (secondary N) is 2. The fraction of sp³-hybridized carbons (Fsp3) is 0.348. The second-order valence-electron chi connectivity index (χ2n) is 7.33. The minimum absolute atomic E-state index is 0.121. The molecule has 0 saturated carbocycles. The minimum atomic E-state index is -0.730. The Labute approximate surface area is 182 Å². The molecule has 0 aliphatic rings. The monoisotopic (exact) mass is 429 g/mol. The van der Waals surface area contributed by atoms with E-state index in [1.54, 1.807) is 30.3 Å². The summed E-state index contributed by atoms with van der Waals surface area (Å²) < 4.78 is 5.67. The number of carbonyl (C=O) groups is 2. The molecule has 2 aromatic carbocycles. The summed E-state index contributed by atoms with van der Waals surface area (Å²) in [5, 5.41) is 7.35. The normalized spacial score (nSPS) is 12.1. The molecule has 30 heavy (non-hydrogen) atoms. The van der Waals surface area contributed by atoms with Crippen LogP contribution >= 0.6 is 11.6 Å². The van der Waals surface area contributed by atoms with Gasteiger partial charge in [-0.25, -0.2) is 5.43 Å². The lowest BCUT2D eigenvalue weighted by atomic mass is 10.0. The molecule has 0 aliphatic carbocycles. The number of carbonyl (C=O) groups excluding carboxylic acids is 2. The lowest BCUT2D eigenvalue weighted by molar-refractivity contribution is -0.123. The molecule has 0 bridgehead atoms. The molecule has 1 atom stereocenters. The van der Waals surface area contributed by atoms with Gasteiger partial charge in [0.1, 0.15) is 11.8 Å². The molecule has 0 aromatic heterocycles. The number of hydrogen-bond acceptors (Lipinski definition) is 4. The quantitative estimate of drug-likeness (QED) is 0.459. The summed E-state index contributed by atoms with van der Waals surface area (Å²) in [4.78, 5) is 25.1. The number of benzene rings is 2. The molecule has 0 heterocycles. The lowest BCUT2D eigenvalue weighted by Crippen LogP contribution is -2.48. The lowest BCUT2D eigenvalue weighted by Gasteiger charge is -2.20. The van der Waals surface area contributed by atoms with Gasteiger partial charge < -0.3 is 10.1 Å².